The molecule has 2 rings (SSSR count). The predicted molar refractivity (Wildman–Crippen MR) is 97.4 cm³/mol. The summed E-state index contributed by atoms with van der Waals surface area (Å²) in [6.07, 6.45) is 0. The Morgan fingerprint density at radius 2 is 1.89 bits per heavy atom. The Morgan fingerprint density at radius 1 is 1.19 bits per heavy atom. The normalized spacial score (nSPS) is 12.5. The second-order valence-electron chi connectivity index (χ2n) is 5.49. The fourth-order valence-electron chi connectivity index (χ4n) is 2.10. The van der Waals surface area contributed by atoms with Crippen molar-refractivity contribution in [3.05, 3.63) is 53.1 Å². The quantitative estimate of drug-likeness (QED) is 0.722. The lowest BCUT2D eigenvalue weighted by molar-refractivity contribution is -0.117. The second kappa shape index (κ2) is 8.64. The van der Waals surface area contributed by atoms with Crippen LogP contribution in [-0.4, -0.2) is 27.0 Å². The van der Waals surface area contributed by atoms with E-state index >= 15 is 0 Å². The third-order valence-electron chi connectivity index (χ3n) is 3.43. The number of benzene rings is 2. The SMILES string of the molecule is CCOc1ccc(S(=O)(=O)N[C@@H](C)C(=O)Nc2ccc(F)c(F)c2)cc1Cl. The topological polar surface area (TPSA) is 84.5 Å². The minimum absolute atomic E-state index is 0.00550. The van der Waals surface area contributed by atoms with Gasteiger partial charge in [-0.15, -0.1) is 0 Å². The summed E-state index contributed by atoms with van der Waals surface area (Å²) in [4.78, 5) is 12.0. The molecule has 0 aromatic heterocycles. The molecule has 2 aromatic carbocycles. The molecule has 1 atom stereocenters. The van der Waals surface area contributed by atoms with Crippen molar-refractivity contribution in [1.29, 1.82) is 0 Å². The Balaban J connectivity index is 2.10. The van der Waals surface area contributed by atoms with Gasteiger partial charge >= 0.3 is 0 Å². The summed E-state index contributed by atoms with van der Waals surface area (Å²) in [7, 11) is -4.05. The van der Waals surface area contributed by atoms with Gasteiger partial charge in [0.25, 0.3) is 0 Å². The molecule has 0 unspecified atom stereocenters. The molecule has 10 heteroatoms. The summed E-state index contributed by atoms with van der Waals surface area (Å²) < 4.78 is 58.4. The van der Waals surface area contributed by atoms with Crippen LogP contribution in [0.1, 0.15) is 13.8 Å². The molecule has 2 N–H and O–H groups in total. The number of hydrogen-bond acceptors (Lipinski definition) is 4. The minimum Gasteiger partial charge on any atom is -0.492 e. The molecule has 6 nitrogen and oxygen atoms in total. The Labute approximate surface area is 160 Å². The molecule has 27 heavy (non-hydrogen) atoms. The van der Waals surface area contributed by atoms with E-state index in [1.54, 1.807) is 6.92 Å². The van der Waals surface area contributed by atoms with Gasteiger partial charge in [0.1, 0.15) is 5.75 Å². The van der Waals surface area contributed by atoms with Crippen molar-refractivity contribution in [2.24, 2.45) is 0 Å². The maximum atomic E-state index is 13.2. The van der Waals surface area contributed by atoms with Crippen LogP contribution < -0.4 is 14.8 Å². The van der Waals surface area contributed by atoms with Crippen molar-refractivity contribution in [1.82, 2.24) is 4.72 Å². The maximum absolute atomic E-state index is 13.2. The number of ether oxygens (including phenoxy) is 1. The van der Waals surface area contributed by atoms with E-state index in [9.17, 15) is 22.0 Å². The van der Waals surface area contributed by atoms with Crippen LogP contribution in [0.3, 0.4) is 0 Å². The van der Waals surface area contributed by atoms with E-state index < -0.39 is 33.6 Å². The molecule has 0 aliphatic carbocycles. The average molecular weight is 419 g/mol. The number of carbonyl (C=O) groups is 1. The molecule has 0 saturated carbocycles. The number of halogens is 3. The molecule has 0 aliphatic heterocycles. The second-order valence-corrected chi connectivity index (χ2v) is 7.61. The molecule has 0 heterocycles. The number of amides is 1. The predicted octanol–water partition coefficient (Wildman–Crippen LogP) is 3.32. The summed E-state index contributed by atoms with van der Waals surface area (Å²) in [6, 6.07) is 5.51. The first-order valence-electron chi connectivity index (χ1n) is 7.84. The van der Waals surface area contributed by atoms with Gasteiger partial charge in [-0.25, -0.2) is 17.2 Å². The van der Waals surface area contributed by atoms with E-state index in [2.05, 4.69) is 10.0 Å². The van der Waals surface area contributed by atoms with Crippen molar-refractivity contribution >= 4 is 33.2 Å². The zero-order valence-electron chi connectivity index (χ0n) is 14.4. The molecule has 0 bridgehead atoms. The smallest absolute Gasteiger partial charge is 0.242 e. The van der Waals surface area contributed by atoms with E-state index in [0.717, 1.165) is 18.2 Å². The Bertz CT molecular complexity index is 954. The average Bonchev–Trinajstić information content (AvgIpc) is 2.59. The van der Waals surface area contributed by atoms with E-state index in [1.807, 2.05) is 0 Å². The van der Waals surface area contributed by atoms with E-state index in [-0.39, 0.29) is 15.6 Å². The van der Waals surface area contributed by atoms with Crippen LogP contribution in [0.25, 0.3) is 0 Å². The van der Waals surface area contributed by atoms with E-state index in [1.165, 1.54) is 25.1 Å². The van der Waals surface area contributed by atoms with Gasteiger partial charge in [-0.1, -0.05) is 11.6 Å². The van der Waals surface area contributed by atoms with Crippen LogP contribution in [-0.2, 0) is 14.8 Å². The number of hydrogen-bond donors (Lipinski definition) is 2. The highest BCUT2D eigenvalue weighted by Gasteiger charge is 2.23. The summed E-state index contributed by atoms with van der Waals surface area (Å²) >= 11 is 5.99. The number of nitrogens with one attached hydrogen (secondary N) is 2. The van der Waals surface area contributed by atoms with Gasteiger partial charge in [-0.05, 0) is 44.2 Å². The molecule has 0 saturated heterocycles. The number of sulfonamides is 1. The van der Waals surface area contributed by atoms with Crippen LogP contribution in [0.2, 0.25) is 5.02 Å². The van der Waals surface area contributed by atoms with Crippen molar-refractivity contribution in [3.8, 4) is 5.75 Å². The van der Waals surface area contributed by atoms with Gasteiger partial charge < -0.3 is 10.1 Å². The lowest BCUT2D eigenvalue weighted by Gasteiger charge is -2.15. The molecule has 0 fully saturated rings. The molecule has 146 valence electrons. The zero-order chi connectivity index (χ0) is 20.2. The third kappa shape index (κ3) is 5.38. The van der Waals surface area contributed by atoms with Crippen LogP contribution in [0.15, 0.2) is 41.3 Å². The van der Waals surface area contributed by atoms with Crippen LogP contribution in [0.4, 0.5) is 14.5 Å². The largest absolute Gasteiger partial charge is 0.492 e. The third-order valence-corrected chi connectivity index (χ3v) is 5.26. The Hall–Kier alpha value is -2.23. The van der Waals surface area contributed by atoms with Crippen LogP contribution in [0, 0.1) is 11.6 Å². The van der Waals surface area contributed by atoms with Crippen LogP contribution in [0.5, 0.6) is 5.75 Å². The number of anilines is 1. The van der Waals surface area contributed by atoms with Gasteiger partial charge in [0, 0.05) is 11.8 Å². The van der Waals surface area contributed by atoms with Gasteiger partial charge in [0.05, 0.1) is 22.6 Å². The fraction of sp³-hybridized carbons (Fsp3) is 0.235. The van der Waals surface area contributed by atoms with Gasteiger partial charge in [0.2, 0.25) is 15.9 Å². The highest BCUT2D eigenvalue weighted by Crippen LogP contribution is 2.27. The maximum Gasteiger partial charge on any atom is 0.242 e. The first kappa shape index (κ1) is 21.1. The van der Waals surface area contributed by atoms with Crippen molar-refractivity contribution in [3.63, 3.8) is 0 Å². The molecule has 1 amide bonds. The summed E-state index contributed by atoms with van der Waals surface area (Å²) in [5, 5.41) is 2.41. The van der Waals surface area contributed by atoms with Crippen LogP contribution >= 0.6 is 11.6 Å². The monoisotopic (exact) mass is 418 g/mol. The summed E-state index contributed by atoms with van der Waals surface area (Å²) in [5.41, 5.74) is -0.00550. The van der Waals surface area contributed by atoms with E-state index in [4.69, 9.17) is 16.3 Å². The standard InChI is InChI=1S/C17H17ClF2N2O4S/c1-3-26-16-7-5-12(9-13(16)18)27(24,25)22-10(2)17(23)21-11-4-6-14(19)15(20)8-11/h4-10,22H,3H2,1-2H3,(H,21,23)/t10-/m0/s1. The lowest BCUT2D eigenvalue weighted by atomic mass is 10.2. The van der Waals surface area contributed by atoms with Gasteiger partial charge in [-0.2, -0.15) is 4.72 Å². The lowest BCUT2D eigenvalue weighted by Crippen LogP contribution is -2.41. The molecular weight excluding hydrogens is 402 g/mol. The van der Waals surface area contributed by atoms with Crippen molar-refractivity contribution < 1.29 is 26.7 Å². The van der Waals surface area contributed by atoms with Gasteiger partial charge in [-0.3, -0.25) is 4.79 Å². The summed E-state index contributed by atoms with van der Waals surface area (Å²) in [5.74, 6) is -2.61. The van der Waals surface area contributed by atoms with E-state index in [0.29, 0.717) is 12.4 Å². The minimum atomic E-state index is -4.05. The highest BCUT2D eigenvalue weighted by molar-refractivity contribution is 7.89. The van der Waals surface area contributed by atoms with Crippen molar-refractivity contribution in [2.45, 2.75) is 24.8 Å². The molecule has 2 aromatic rings. The number of carbonyl (C=O) groups excluding carboxylic acids is 1. The first-order valence-corrected chi connectivity index (χ1v) is 9.70. The Morgan fingerprint density at radius 3 is 2.48 bits per heavy atom. The van der Waals surface area contributed by atoms with Crippen molar-refractivity contribution in [2.75, 3.05) is 11.9 Å². The zero-order valence-corrected chi connectivity index (χ0v) is 16.0. The molecule has 0 radical (unpaired) electrons. The first-order chi connectivity index (χ1) is 12.6. The fourth-order valence-corrected chi connectivity index (χ4v) is 3.63. The Kier molecular flexibility index (Phi) is 6.74. The molecular formula is C17H17ClF2N2O4S. The van der Waals surface area contributed by atoms with Gasteiger partial charge in [0.15, 0.2) is 11.6 Å². The summed E-state index contributed by atoms with van der Waals surface area (Å²) in [6.45, 7) is 3.43. The molecule has 0 aliphatic rings. The molecule has 0 spiro atoms. The highest BCUT2D eigenvalue weighted by atomic mass is 35.5. The number of rotatable bonds is 7.